The van der Waals surface area contributed by atoms with Crippen molar-refractivity contribution in [3.05, 3.63) is 29.8 Å². The summed E-state index contributed by atoms with van der Waals surface area (Å²) in [6.07, 6.45) is 0. The fourth-order valence-electron chi connectivity index (χ4n) is 1.55. The summed E-state index contributed by atoms with van der Waals surface area (Å²) in [5, 5.41) is 8.58. The number of rotatable bonds is 5. The van der Waals surface area contributed by atoms with E-state index in [-0.39, 0.29) is 17.3 Å². The van der Waals surface area contributed by atoms with Crippen LogP contribution in [0.4, 0.5) is 14.5 Å². The Hall–Kier alpha value is -2.71. The Labute approximate surface area is 118 Å². The lowest BCUT2D eigenvalue weighted by atomic mass is 10.2. The van der Waals surface area contributed by atoms with Crippen LogP contribution in [0.15, 0.2) is 18.2 Å². The summed E-state index contributed by atoms with van der Waals surface area (Å²) >= 11 is 0. The summed E-state index contributed by atoms with van der Waals surface area (Å²) in [5.74, 6) is -0.135. The molecule has 0 saturated carbocycles. The van der Waals surface area contributed by atoms with Crippen molar-refractivity contribution in [1.82, 2.24) is 15.2 Å². The molecular formula is C12H12F2N4O3. The van der Waals surface area contributed by atoms with Gasteiger partial charge in [0.25, 0.3) is 5.91 Å². The van der Waals surface area contributed by atoms with Crippen molar-refractivity contribution in [3.8, 4) is 11.5 Å². The number of benzene rings is 1. The van der Waals surface area contributed by atoms with Crippen molar-refractivity contribution in [1.29, 1.82) is 0 Å². The number of methoxy groups -OCH3 is 1. The first-order valence-corrected chi connectivity index (χ1v) is 5.83. The molecule has 0 aliphatic heterocycles. The minimum absolute atomic E-state index is 0.0297. The van der Waals surface area contributed by atoms with Crippen LogP contribution in [0.5, 0.6) is 11.5 Å². The fraction of sp³-hybridized carbons (Fsp3) is 0.250. The summed E-state index contributed by atoms with van der Waals surface area (Å²) in [5.41, 5.74) is 0.0297. The molecule has 0 bridgehead atoms. The van der Waals surface area contributed by atoms with Gasteiger partial charge in [-0.1, -0.05) is 0 Å². The van der Waals surface area contributed by atoms with E-state index in [1.54, 1.807) is 6.92 Å². The maximum Gasteiger partial charge on any atom is 0.387 e. The van der Waals surface area contributed by atoms with Crippen molar-refractivity contribution in [3.63, 3.8) is 0 Å². The number of aryl methyl sites for hydroxylation is 1. The van der Waals surface area contributed by atoms with Crippen LogP contribution in [0.1, 0.15) is 16.4 Å². The predicted molar refractivity (Wildman–Crippen MR) is 68.7 cm³/mol. The number of nitrogens with one attached hydrogen (secondary N) is 2. The Morgan fingerprint density at radius 2 is 2.19 bits per heavy atom. The average Bonchev–Trinajstić information content (AvgIpc) is 2.87. The van der Waals surface area contributed by atoms with Crippen LogP contribution in [0.3, 0.4) is 0 Å². The molecule has 112 valence electrons. The van der Waals surface area contributed by atoms with Gasteiger partial charge in [-0.2, -0.15) is 8.78 Å². The van der Waals surface area contributed by atoms with Crippen molar-refractivity contribution < 1.29 is 23.0 Å². The SMILES string of the molecule is COc1ccc(OC(F)F)c(NC(=O)c2n[nH]c(C)n2)c1. The van der Waals surface area contributed by atoms with E-state index < -0.39 is 12.5 Å². The second-order valence-electron chi connectivity index (χ2n) is 3.94. The third-order valence-corrected chi connectivity index (χ3v) is 2.45. The zero-order valence-corrected chi connectivity index (χ0v) is 11.2. The first-order valence-electron chi connectivity index (χ1n) is 5.83. The number of hydrogen-bond acceptors (Lipinski definition) is 5. The topological polar surface area (TPSA) is 89.1 Å². The number of aromatic amines is 1. The molecule has 21 heavy (non-hydrogen) atoms. The van der Waals surface area contributed by atoms with Gasteiger partial charge in [-0.05, 0) is 19.1 Å². The highest BCUT2D eigenvalue weighted by atomic mass is 19.3. The van der Waals surface area contributed by atoms with Crippen LogP contribution in [0.25, 0.3) is 0 Å². The molecule has 1 aromatic heterocycles. The third-order valence-electron chi connectivity index (χ3n) is 2.45. The maximum absolute atomic E-state index is 12.4. The molecule has 0 radical (unpaired) electrons. The number of carbonyl (C=O) groups is 1. The van der Waals surface area contributed by atoms with Gasteiger partial charge in [0.1, 0.15) is 17.3 Å². The second kappa shape index (κ2) is 6.16. The molecule has 0 fully saturated rings. The van der Waals surface area contributed by atoms with E-state index in [0.717, 1.165) is 0 Å². The fourth-order valence-corrected chi connectivity index (χ4v) is 1.55. The van der Waals surface area contributed by atoms with Gasteiger partial charge < -0.3 is 14.8 Å². The molecule has 0 atom stereocenters. The van der Waals surface area contributed by atoms with Crippen LogP contribution in [0.2, 0.25) is 0 Å². The molecule has 1 amide bonds. The Bertz CT molecular complexity index is 645. The molecule has 0 unspecified atom stereocenters. The lowest BCUT2D eigenvalue weighted by Gasteiger charge is -2.12. The van der Waals surface area contributed by atoms with Gasteiger partial charge in [-0.25, -0.2) is 4.98 Å². The molecule has 9 heteroatoms. The van der Waals surface area contributed by atoms with E-state index in [0.29, 0.717) is 11.6 Å². The summed E-state index contributed by atoms with van der Waals surface area (Å²) in [4.78, 5) is 15.8. The highest BCUT2D eigenvalue weighted by molar-refractivity contribution is 6.02. The highest BCUT2D eigenvalue weighted by Crippen LogP contribution is 2.30. The van der Waals surface area contributed by atoms with Gasteiger partial charge in [0.05, 0.1) is 12.8 Å². The van der Waals surface area contributed by atoms with Gasteiger partial charge in [0.2, 0.25) is 5.82 Å². The number of ether oxygens (including phenoxy) is 2. The Balaban J connectivity index is 2.25. The lowest BCUT2D eigenvalue weighted by molar-refractivity contribution is -0.0494. The van der Waals surface area contributed by atoms with Crippen LogP contribution in [-0.2, 0) is 0 Å². The number of carbonyl (C=O) groups excluding carboxylic acids is 1. The van der Waals surface area contributed by atoms with Gasteiger partial charge in [-0.15, -0.1) is 5.10 Å². The van der Waals surface area contributed by atoms with Gasteiger partial charge in [0, 0.05) is 6.07 Å². The number of amides is 1. The van der Waals surface area contributed by atoms with Crippen molar-refractivity contribution in [2.45, 2.75) is 13.5 Å². The van der Waals surface area contributed by atoms with Gasteiger partial charge in [-0.3, -0.25) is 9.89 Å². The standard InChI is InChI=1S/C12H12F2N4O3/c1-6-15-10(18-17-6)11(19)16-8-5-7(20-2)3-4-9(8)21-12(13)14/h3-5,12H,1-2H3,(H,16,19)(H,15,17,18). The Kier molecular flexibility index (Phi) is 4.31. The molecule has 2 N–H and O–H groups in total. The van der Waals surface area contributed by atoms with Crippen LogP contribution < -0.4 is 14.8 Å². The molecule has 1 aromatic carbocycles. The minimum atomic E-state index is -3.01. The summed E-state index contributed by atoms with van der Waals surface area (Å²) < 4.78 is 34.0. The van der Waals surface area contributed by atoms with E-state index in [9.17, 15) is 13.6 Å². The summed E-state index contributed by atoms with van der Waals surface area (Å²) in [6, 6.07) is 4.06. The average molecular weight is 298 g/mol. The van der Waals surface area contributed by atoms with Crippen LogP contribution in [0, 0.1) is 6.92 Å². The molecule has 0 saturated heterocycles. The smallest absolute Gasteiger partial charge is 0.387 e. The first-order chi connectivity index (χ1) is 9.99. The molecule has 1 heterocycles. The number of anilines is 1. The number of hydrogen-bond donors (Lipinski definition) is 2. The molecule has 2 aromatic rings. The van der Waals surface area contributed by atoms with E-state index >= 15 is 0 Å². The zero-order valence-electron chi connectivity index (χ0n) is 11.2. The largest absolute Gasteiger partial charge is 0.497 e. The maximum atomic E-state index is 12.4. The molecule has 0 aliphatic rings. The number of alkyl halides is 2. The third kappa shape index (κ3) is 3.65. The van der Waals surface area contributed by atoms with Crippen molar-refractivity contribution in [2.24, 2.45) is 0 Å². The van der Waals surface area contributed by atoms with E-state index in [4.69, 9.17) is 4.74 Å². The van der Waals surface area contributed by atoms with Crippen molar-refractivity contribution >= 4 is 11.6 Å². The van der Waals surface area contributed by atoms with Crippen molar-refractivity contribution in [2.75, 3.05) is 12.4 Å². The number of halogens is 2. The van der Waals surface area contributed by atoms with Crippen LogP contribution >= 0.6 is 0 Å². The van der Waals surface area contributed by atoms with Gasteiger partial charge in [0.15, 0.2) is 0 Å². The zero-order chi connectivity index (χ0) is 15.4. The summed E-state index contributed by atoms with van der Waals surface area (Å²) in [7, 11) is 1.41. The number of aromatic nitrogens is 3. The number of H-pyrrole nitrogens is 1. The normalized spacial score (nSPS) is 10.5. The molecular weight excluding hydrogens is 286 g/mol. The monoisotopic (exact) mass is 298 g/mol. The van der Waals surface area contributed by atoms with Crippen LogP contribution in [-0.4, -0.2) is 34.8 Å². The highest BCUT2D eigenvalue weighted by Gasteiger charge is 2.16. The van der Waals surface area contributed by atoms with E-state index in [2.05, 4.69) is 25.2 Å². The molecule has 0 spiro atoms. The Morgan fingerprint density at radius 1 is 1.43 bits per heavy atom. The molecule has 0 aliphatic carbocycles. The lowest BCUT2D eigenvalue weighted by Crippen LogP contribution is -2.15. The first kappa shape index (κ1) is 14.7. The summed E-state index contributed by atoms with van der Waals surface area (Å²) in [6.45, 7) is -1.39. The Morgan fingerprint density at radius 3 is 2.76 bits per heavy atom. The quantitative estimate of drug-likeness (QED) is 0.881. The minimum Gasteiger partial charge on any atom is -0.497 e. The van der Waals surface area contributed by atoms with E-state index in [1.807, 2.05) is 0 Å². The number of nitrogens with zero attached hydrogens (tertiary/aromatic N) is 2. The predicted octanol–water partition coefficient (Wildman–Crippen LogP) is 1.98. The van der Waals surface area contributed by atoms with Gasteiger partial charge >= 0.3 is 6.61 Å². The van der Waals surface area contributed by atoms with E-state index in [1.165, 1.54) is 25.3 Å². The molecule has 7 nitrogen and oxygen atoms in total. The second-order valence-corrected chi connectivity index (χ2v) is 3.94. The molecule has 2 rings (SSSR count).